The van der Waals surface area contributed by atoms with Crippen molar-refractivity contribution in [1.82, 2.24) is 14.6 Å². The number of rotatable bonds is 4. The number of fused-ring (bicyclic) bond motifs is 1. The first-order valence-electron chi connectivity index (χ1n) is 6.50. The monoisotopic (exact) mass is 332 g/mol. The fraction of sp³-hybridized carbons (Fsp3) is 0.133. The number of hydrogen-bond acceptors (Lipinski definition) is 4. The first kappa shape index (κ1) is 14.6. The van der Waals surface area contributed by atoms with Crippen molar-refractivity contribution in [3.8, 4) is 11.8 Å². The number of para-hydroxylation sites is 1. The Balaban J connectivity index is 1.83. The van der Waals surface area contributed by atoms with Crippen LogP contribution in [0.2, 0.25) is 10.3 Å². The fourth-order valence-corrected chi connectivity index (χ4v) is 2.66. The Morgan fingerprint density at radius 1 is 1.23 bits per heavy atom. The highest BCUT2D eigenvalue weighted by Crippen LogP contribution is 2.26. The topological polar surface area (TPSA) is 63.2 Å². The van der Waals surface area contributed by atoms with E-state index in [4.69, 9.17) is 33.2 Å². The largest absolute Gasteiger partial charge is 0.493 e. The van der Waals surface area contributed by atoms with Crippen molar-refractivity contribution < 1.29 is 4.74 Å². The van der Waals surface area contributed by atoms with Crippen LogP contribution >= 0.6 is 23.2 Å². The van der Waals surface area contributed by atoms with E-state index in [0.29, 0.717) is 35.0 Å². The quantitative estimate of drug-likeness (QED) is 0.685. The number of hydrogen-bond donors (Lipinski definition) is 0. The summed E-state index contributed by atoms with van der Waals surface area (Å²) in [4.78, 5) is 4.20. The Bertz CT molecular complexity index is 855. The number of aromatic nitrogens is 3. The third kappa shape index (κ3) is 2.71. The van der Waals surface area contributed by atoms with E-state index < -0.39 is 0 Å². The van der Waals surface area contributed by atoms with E-state index in [2.05, 4.69) is 10.1 Å². The first-order chi connectivity index (χ1) is 10.7. The number of nitriles is 1. The maximum atomic E-state index is 8.99. The van der Waals surface area contributed by atoms with Crippen molar-refractivity contribution in [1.29, 1.82) is 5.26 Å². The van der Waals surface area contributed by atoms with E-state index in [1.54, 1.807) is 0 Å². The molecule has 2 heterocycles. The van der Waals surface area contributed by atoms with Crippen LogP contribution in [0.3, 0.4) is 0 Å². The lowest BCUT2D eigenvalue weighted by Gasteiger charge is -2.09. The van der Waals surface area contributed by atoms with Gasteiger partial charge in [0.2, 0.25) is 0 Å². The average Bonchev–Trinajstić information content (AvgIpc) is 2.94. The summed E-state index contributed by atoms with van der Waals surface area (Å²) in [6.07, 6.45) is 1.89. The van der Waals surface area contributed by atoms with Gasteiger partial charge in [-0.1, -0.05) is 41.4 Å². The molecule has 0 spiro atoms. The molecular weight excluding hydrogens is 323 g/mol. The Hall–Kier alpha value is -2.29. The van der Waals surface area contributed by atoms with Gasteiger partial charge >= 0.3 is 0 Å². The van der Waals surface area contributed by atoms with Crippen LogP contribution in [0.15, 0.2) is 36.5 Å². The van der Waals surface area contributed by atoms with E-state index in [1.807, 2.05) is 36.4 Å². The molecule has 0 unspecified atom stereocenters. The highest BCUT2D eigenvalue weighted by atomic mass is 35.5. The van der Waals surface area contributed by atoms with E-state index in [-0.39, 0.29) is 5.15 Å². The normalized spacial score (nSPS) is 10.6. The summed E-state index contributed by atoms with van der Waals surface area (Å²) in [7, 11) is 0. The minimum Gasteiger partial charge on any atom is -0.493 e. The van der Waals surface area contributed by atoms with Gasteiger partial charge in [-0.2, -0.15) is 10.4 Å². The van der Waals surface area contributed by atoms with Crippen molar-refractivity contribution in [2.24, 2.45) is 0 Å². The van der Waals surface area contributed by atoms with Crippen LogP contribution in [0.25, 0.3) is 5.65 Å². The SMILES string of the molecule is N#Cc1cnn2c(Cl)c(CCOc3ccccc3)c(Cl)nc12. The number of benzene rings is 1. The summed E-state index contributed by atoms with van der Waals surface area (Å²) in [6, 6.07) is 11.5. The van der Waals surface area contributed by atoms with Gasteiger partial charge in [0, 0.05) is 12.0 Å². The van der Waals surface area contributed by atoms with Crippen LogP contribution in [0.1, 0.15) is 11.1 Å². The molecule has 0 fully saturated rings. The molecule has 110 valence electrons. The molecule has 3 rings (SSSR count). The van der Waals surface area contributed by atoms with E-state index in [0.717, 1.165) is 5.75 Å². The zero-order valence-electron chi connectivity index (χ0n) is 11.3. The van der Waals surface area contributed by atoms with Gasteiger partial charge in [0.05, 0.1) is 12.8 Å². The second kappa shape index (κ2) is 6.22. The van der Waals surface area contributed by atoms with Gasteiger partial charge in [-0.3, -0.25) is 0 Å². The average molecular weight is 333 g/mol. The number of halogens is 2. The van der Waals surface area contributed by atoms with Crippen molar-refractivity contribution in [3.63, 3.8) is 0 Å². The summed E-state index contributed by atoms with van der Waals surface area (Å²) in [5.74, 6) is 0.773. The zero-order chi connectivity index (χ0) is 15.5. The van der Waals surface area contributed by atoms with Crippen LogP contribution in [-0.2, 0) is 6.42 Å². The highest BCUT2D eigenvalue weighted by molar-refractivity contribution is 6.34. The van der Waals surface area contributed by atoms with Gasteiger partial charge in [0.15, 0.2) is 5.65 Å². The summed E-state index contributed by atoms with van der Waals surface area (Å²) < 4.78 is 7.04. The van der Waals surface area contributed by atoms with Crippen molar-refractivity contribution in [2.45, 2.75) is 6.42 Å². The molecule has 1 aromatic carbocycles. The van der Waals surface area contributed by atoms with Crippen LogP contribution in [0, 0.1) is 11.3 Å². The molecular formula is C15H10Cl2N4O. The lowest BCUT2D eigenvalue weighted by atomic mass is 10.2. The Morgan fingerprint density at radius 2 is 2.00 bits per heavy atom. The van der Waals surface area contributed by atoms with Crippen LogP contribution in [-0.4, -0.2) is 21.2 Å². The molecule has 0 bridgehead atoms. The van der Waals surface area contributed by atoms with Gasteiger partial charge in [-0.05, 0) is 12.1 Å². The van der Waals surface area contributed by atoms with Crippen LogP contribution in [0.4, 0.5) is 0 Å². The van der Waals surface area contributed by atoms with E-state index >= 15 is 0 Å². The molecule has 0 N–H and O–H groups in total. The number of nitrogens with zero attached hydrogens (tertiary/aromatic N) is 4. The molecule has 0 atom stereocenters. The third-order valence-corrected chi connectivity index (χ3v) is 3.82. The molecule has 0 saturated heterocycles. The van der Waals surface area contributed by atoms with Crippen molar-refractivity contribution >= 4 is 28.8 Å². The standard InChI is InChI=1S/C15H10Cl2N4O/c16-13-12(6-7-22-11-4-2-1-3-5-11)14(17)21-15(20-13)10(8-18)9-19-21/h1-5,9H,6-7H2. The van der Waals surface area contributed by atoms with Gasteiger partial charge in [0.25, 0.3) is 0 Å². The summed E-state index contributed by atoms with van der Waals surface area (Å²) in [5, 5.41) is 13.6. The molecule has 2 aromatic heterocycles. The van der Waals surface area contributed by atoms with Crippen LogP contribution in [0.5, 0.6) is 5.75 Å². The third-order valence-electron chi connectivity index (χ3n) is 3.12. The summed E-state index contributed by atoms with van der Waals surface area (Å²) in [5.41, 5.74) is 1.32. The van der Waals surface area contributed by atoms with Crippen molar-refractivity contribution in [2.75, 3.05) is 6.61 Å². The maximum Gasteiger partial charge on any atom is 0.176 e. The van der Waals surface area contributed by atoms with Gasteiger partial charge < -0.3 is 4.74 Å². The van der Waals surface area contributed by atoms with Gasteiger partial charge in [-0.15, -0.1) is 0 Å². The Morgan fingerprint density at radius 3 is 2.73 bits per heavy atom. The molecule has 22 heavy (non-hydrogen) atoms. The smallest absolute Gasteiger partial charge is 0.176 e. The predicted octanol–water partition coefficient (Wildman–Crippen LogP) is 3.53. The second-order valence-electron chi connectivity index (χ2n) is 4.49. The molecule has 0 aliphatic rings. The summed E-state index contributed by atoms with van der Waals surface area (Å²) >= 11 is 12.5. The Kier molecular flexibility index (Phi) is 4.14. The van der Waals surface area contributed by atoms with Crippen LogP contribution < -0.4 is 4.74 Å². The fourth-order valence-electron chi connectivity index (χ4n) is 2.04. The van der Waals surface area contributed by atoms with E-state index in [1.165, 1.54) is 10.7 Å². The molecule has 0 amide bonds. The molecule has 0 aliphatic heterocycles. The van der Waals surface area contributed by atoms with E-state index in [9.17, 15) is 0 Å². The molecule has 0 radical (unpaired) electrons. The second-order valence-corrected chi connectivity index (χ2v) is 5.20. The molecule has 0 aliphatic carbocycles. The Labute approximate surface area is 136 Å². The zero-order valence-corrected chi connectivity index (χ0v) is 12.8. The van der Waals surface area contributed by atoms with Gasteiger partial charge in [0.1, 0.15) is 27.7 Å². The van der Waals surface area contributed by atoms with Gasteiger partial charge in [-0.25, -0.2) is 9.50 Å². The minimum absolute atomic E-state index is 0.256. The molecule has 7 heteroatoms. The predicted molar refractivity (Wildman–Crippen MR) is 83.4 cm³/mol. The number of ether oxygens (including phenoxy) is 1. The molecule has 3 aromatic rings. The highest BCUT2D eigenvalue weighted by Gasteiger charge is 2.16. The maximum absolute atomic E-state index is 8.99. The minimum atomic E-state index is 0.256. The summed E-state index contributed by atoms with van der Waals surface area (Å²) in [6.45, 7) is 0.406. The molecule has 0 saturated carbocycles. The first-order valence-corrected chi connectivity index (χ1v) is 7.26. The van der Waals surface area contributed by atoms with Crippen molar-refractivity contribution in [3.05, 3.63) is 58.0 Å². The lowest BCUT2D eigenvalue weighted by molar-refractivity contribution is 0.321. The molecule has 5 nitrogen and oxygen atoms in total. The lowest BCUT2D eigenvalue weighted by Crippen LogP contribution is -2.06.